The number of nitrogens with zero attached hydrogens (tertiary/aromatic N) is 1. The fraction of sp³-hybridized carbons (Fsp3) is 0.667. The molecule has 0 bridgehead atoms. The van der Waals surface area contributed by atoms with Crippen LogP contribution in [0.5, 0.6) is 0 Å². The summed E-state index contributed by atoms with van der Waals surface area (Å²) >= 11 is 0. The Morgan fingerprint density at radius 3 is 2.70 bits per heavy atom. The molecule has 0 aromatic carbocycles. The van der Waals surface area contributed by atoms with Gasteiger partial charge in [0.1, 0.15) is 0 Å². The van der Waals surface area contributed by atoms with Gasteiger partial charge in [0.2, 0.25) is 5.91 Å². The fourth-order valence-electron chi connectivity index (χ4n) is 4.11. The second-order valence-electron chi connectivity index (χ2n) is 6.27. The minimum Gasteiger partial charge on any atom is -0.335 e. The smallest absolute Gasteiger partial charge is 0.247 e. The molecule has 0 N–H and O–H groups in total. The first kappa shape index (κ1) is 13.9. The lowest BCUT2D eigenvalue weighted by Crippen LogP contribution is -2.73. The van der Waals surface area contributed by atoms with Crippen molar-refractivity contribution in [1.82, 2.24) is 4.90 Å². The van der Waals surface area contributed by atoms with E-state index in [2.05, 4.69) is 12.2 Å². The molecule has 1 saturated heterocycles. The molecule has 0 radical (unpaired) electrons. The molecule has 2 aliphatic heterocycles. The number of likely N-dealkylation sites (tertiary alicyclic amines) is 1. The Morgan fingerprint density at radius 1 is 1.40 bits per heavy atom. The number of hydrogen-bond acceptors (Lipinski definition) is 3. The first-order chi connectivity index (χ1) is 9.34. The maximum absolute atomic E-state index is 12.8. The van der Waals surface area contributed by atoms with E-state index in [1.165, 1.54) is 0 Å². The molecule has 3 rings (SSSR count). The largest absolute Gasteiger partial charge is 0.335 e. The number of likely N-dealkylation sites (N-methyl/N-ethyl adjacent to an activating group) is 1. The molecule has 20 heavy (non-hydrogen) atoms. The number of hydrogen-bond donors (Lipinski definition) is 0. The normalized spacial score (nSPS) is 39.0. The Kier molecular flexibility index (Phi) is 2.91. The van der Waals surface area contributed by atoms with Crippen LogP contribution in [0.4, 0.5) is 0 Å². The summed E-state index contributed by atoms with van der Waals surface area (Å²) in [6, 6.07) is -0.254. The quantitative estimate of drug-likeness (QED) is 0.578. The maximum Gasteiger partial charge on any atom is 0.247 e. The number of sulfone groups is 1. The monoisotopic (exact) mass is 295 g/mol. The standard InChI is InChI=1S/C15H21NO3S/c1-10-11(2)20(18,19)15(13(10)16(3)14(15)17)9-12-7-5-4-6-8-12/h5,7,12-13H,4,6,8-9H2,1-3H3/t12-,13+,15-/m1/s1. The van der Waals surface area contributed by atoms with Gasteiger partial charge in [-0.05, 0) is 51.0 Å². The fourth-order valence-corrected chi connectivity index (χ4v) is 6.63. The molecule has 0 unspecified atom stereocenters. The molecule has 2 heterocycles. The maximum atomic E-state index is 12.8. The molecule has 4 nitrogen and oxygen atoms in total. The molecular formula is C15H21NO3S. The summed E-state index contributed by atoms with van der Waals surface area (Å²) in [7, 11) is -1.80. The molecular weight excluding hydrogens is 274 g/mol. The number of β-lactam (4-membered cyclic amide) rings is 1. The zero-order valence-electron chi connectivity index (χ0n) is 12.2. The highest BCUT2D eigenvalue weighted by atomic mass is 32.2. The highest BCUT2D eigenvalue weighted by Crippen LogP contribution is 2.54. The van der Waals surface area contributed by atoms with Crippen LogP contribution in [0.3, 0.4) is 0 Å². The van der Waals surface area contributed by atoms with E-state index in [9.17, 15) is 13.2 Å². The summed E-state index contributed by atoms with van der Waals surface area (Å²) in [6.07, 6.45) is 7.77. The van der Waals surface area contributed by atoms with Crippen molar-refractivity contribution in [1.29, 1.82) is 0 Å². The molecule has 1 aliphatic carbocycles. The number of carbonyl (C=O) groups is 1. The van der Waals surface area contributed by atoms with E-state index < -0.39 is 14.6 Å². The molecule has 0 aromatic heterocycles. The summed E-state index contributed by atoms with van der Waals surface area (Å²) in [5, 5.41) is 0. The molecule has 3 atom stereocenters. The molecule has 110 valence electrons. The van der Waals surface area contributed by atoms with E-state index in [1.54, 1.807) is 18.9 Å². The van der Waals surface area contributed by atoms with Crippen molar-refractivity contribution >= 4 is 15.7 Å². The third-order valence-corrected chi connectivity index (χ3v) is 7.93. The number of carbonyl (C=O) groups excluding carboxylic acids is 1. The lowest BCUT2D eigenvalue weighted by Gasteiger charge is -2.51. The van der Waals surface area contributed by atoms with Gasteiger partial charge in [0.25, 0.3) is 0 Å². The SMILES string of the molecule is CC1=C(C)S(=O)(=O)[C@@]2(C[C@@H]3C=CCCC3)C(=O)N(C)[C@@H]12. The van der Waals surface area contributed by atoms with Gasteiger partial charge in [0.15, 0.2) is 14.6 Å². The van der Waals surface area contributed by atoms with E-state index in [1.807, 2.05) is 6.92 Å². The average molecular weight is 295 g/mol. The van der Waals surface area contributed by atoms with Crippen molar-refractivity contribution in [2.75, 3.05) is 7.05 Å². The second-order valence-corrected chi connectivity index (χ2v) is 8.62. The van der Waals surface area contributed by atoms with Crippen LogP contribution in [0.2, 0.25) is 0 Å². The Bertz CT molecular complexity index is 632. The van der Waals surface area contributed by atoms with Crippen LogP contribution in [-0.2, 0) is 14.6 Å². The van der Waals surface area contributed by atoms with Crippen molar-refractivity contribution in [3.8, 4) is 0 Å². The summed E-state index contributed by atoms with van der Waals surface area (Å²) in [6.45, 7) is 3.49. The van der Waals surface area contributed by atoms with Gasteiger partial charge >= 0.3 is 0 Å². The zero-order chi connectivity index (χ0) is 14.7. The number of fused-ring (bicyclic) bond motifs is 1. The summed E-state index contributed by atoms with van der Waals surface area (Å²) < 4.78 is 24.4. The zero-order valence-corrected chi connectivity index (χ0v) is 13.0. The molecule has 1 amide bonds. The Hall–Kier alpha value is -1.10. The van der Waals surface area contributed by atoms with Gasteiger partial charge < -0.3 is 4.90 Å². The highest BCUT2D eigenvalue weighted by molar-refractivity contribution is 7.97. The van der Waals surface area contributed by atoms with E-state index >= 15 is 0 Å². The van der Waals surface area contributed by atoms with Crippen molar-refractivity contribution in [3.63, 3.8) is 0 Å². The molecule has 0 aromatic rings. The third-order valence-electron chi connectivity index (χ3n) is 5.28. The minimum absolute atomic E-state index is 0.206. The van der Waals surface area contributed by atoms with Crippen LogP contribution < -0.4 is 0 Å². The third kappa shape index (κ3) is 1.42. The number of allylic oxidation sites excluding steroid dienone is 3. The van der Waals surface area contributed by atoms with Crippen LogP contribution in [0.1, 0.15) is 39.5 Å². The summed E-state index contributed by atoms with van der Waals surface area (Å²) in [4.78, 5) is 14.4. The molecule has 5 heteroatoms. The van der Waals surface area contributed by atoms with Gasteiger partial charge in [-0.25, -0.2) is 8.42 Å². The van der Waals surface area contributed by atoms with Crippen molar-refractivity contribution in [3.05, 3.63) is 22.6 Å². The minimum atomic E-state index is -3.50. The van der Waals surface area contributed by atoms with E-state index in [0.717, 1.165) is 24.8 Å². The van der Waals surface area contributed by atoms with E-state index in [-0.39, 0.29) is 17.9 Å². The Balaban J connectivity index is 2.04. The van der Waals surface area contributed by atoms with Crippen LogP contribution >= 0.6 is 0 Å². The van der Waals surface area contributed by atoms with Crippen LogP contribution in [0.25, 0.3) is 0 Å². The van der Waals surface area contributed by atoms with Gasteiger partial charge in [-0.15, -0.1) is 0 Å². The van der Waals surface area contributed by atoms with Gasteiger partial charge in [-0.2, -0.15) is 0 Å². The highest BCUT2D eigenvalue weighted by Gasteiger charge is 2.72. The predicted molar refractivity (Wildman–Crippen MR) is 77.7 cm³/mol. The molecule has 3 aliphatic rings. The lowest BCUT2D eigenvalue weighted by atomic mass is 9.75. The first-order valence-corrected chi connectivity index (χ1v) is 8.68. The molecule has 0 spiro atoms. The number of amides is 1. The number of rotatable bonds is 2. The summed E-state index contributed by atoms with van der Waals surface area (Å²) in [5.41, 5.74) is 0.840. The van der Waals surface area contributed by atoms with Crippen molar-refractivity contribution < 1.29 is 13.2 Å². The van der Waals surface area contributed by atoms with Gasteiger partial charge in [-0.3, -0.25) is 4.79 Å². The van der Waals surface area contributed by atoms with Crippen molar-refractivity contribution in [2.45, 2.75) is 50.3 Å². The van der Waals surface area contributed by atoms with Crippen LogP contribution in [0, 0.1) is 5.92 Å². The van der Waals surface area contributed by atoms with Gasteiger partial charge in [-0.1, -0.05) is 12.2 Å². The van der Waals surface area contributed by atoms with Crippen LogP contribution in [0.15, 0.2) is 22.6 Å². The molecule has 0 saturated carbocycles. The molecule has 1 fully saturated rings. The first-order valence-electron chi connectivity index (χ1n) is 7.20. The van der Waals surface area contributed by atoms with E-state index in [0.29, 0.717) is 11.3 Å². The Labute approximate surface area is 120 Å². The van der Waals surface area contributed by atoms with E-state index in [4.69, 9.17) is 0 Å². The average Bonchev–Trinajstić information content (AvgIpc) is 2.57. The van der Waals surface area contributed by atoms with Crippen LogP contribution in [-0.4, -0.2) is 37.1 Å². The Morgan fingerprint density at radius 2 is 2.10 bits per heavy atom. The van der Waals surface area contributed by atoms with Gasteiger partial charge in [0, 0.05) is 12.0 Å². The predicted octanol–water partition coefficient (Wildman–Crippen LogP) is 2.03. The summed E-state index contributed by atoms with van der Waals surface area (Å²) in [5.74, 6) is -0.0185. The van der Waals surface area contributed by atoms with Gasteiger partial charge in [0.05, 0.1) is 6.04 Å². The lowest BCUT2D eigenvalue weighted by molar-refractivity contribution is -0.148. The van der Waals surface area contributed by atoms with Crippen molar-refractivity contribution in [2.24, 2.45) is 5.92 Å². The second kappa shape index (κ2) is 4.20. The topological polar surface area (TPSA) is 54.5 Å².